The minimum absolute atomic E-state index is 0.287. The highest BCUT2D eigenvalue weighted by Gasteiger charge is 2.20. The number of carbonyl (C=O) groups excluding carboxylic acids is 1. The van der Waals surface area contributed by atoms with Crippen LogP contribution in [-0.4, -0.2) is 53.0 Å². The van der Waals surface area contributed by atoms with Crippen LogP contribution in [-0.2, 0) is 4.74 Å². The molecule has 1 atom stereocenters. The number of halogens is 1. The Labute approximate surface area is 187 Å². The number of hydrogen-bond donors (Lipinski definition) is 1. The van der Waals surface area contributed by atoms with Crippen molar-refractivity contribution in [3.63, 3.8) is 0 Å². The molecule has 1 aliphatic heterocycles. The molecular weight excluding hydrogens is 442 g/mol. The number of hydrogen-bond acceptors (Lipinski definition) is 9. The number of pyridine rings is 2. The third kappa shape index (κ3) is 5.09. The van der Waals surface area contributed by atoms with Crippen LogP contribution in [0.1, 0.15) is 22.5 Å². The van der Waals surface area contributed by atoms with Gasteiger partial charge in [0.15, 0.2) is 0 Å². The fourth-order valence-corrected chi connectivity index (χ4v) is 3.90. The Hall–Kier alpha value is -2.82. The smallest absolute Gasteiger partial charge is 0.295 e. The molecular formula is C20H20ClN5O4S. The Morgan fingerprint density at radius 3 is 2.94 bits per heavy atom. The van der Waals surface area contributed by atoms with Gasteiger partial charge in [-0.05, 0) is 36.8 Å². The number of methoxy groups -OCH3 is 1. The molecule has 1 fully saturated rings. The summed E-state index contributed by atoms with van der Waals surface area (Å²) in [5.41, 5.74) is 2.34. The van der Waals surface area contributed by atoms with Gasteiger partial charge in [0.25, 0.3) is 11.1 Å². The summed E-state index contributed by atoms with van der Waals surface area (Å²) in [5, 5.41) is 11.8. The minimum Gasteiger partial charge on any atom is -0.494 e. The van der Waals surface area contributed by atoms with Gasteiger partial charge in [-0.2, -0.15) is 0 Å². The van der Waals surface area contributed by atoms with Crippen molar-refractivity contribution in [2.45, 2.75) is 13.3 Å². The molecule has 31 heavy (non-hydrogen) atoms. The number of ether oxygens (including phenoxy) is 3. The molecule has 9 nitrogen and oxygen atoms in total. The lowest BCUT2D eigenvalue weighted by Gasteiger charge is -2.13. The van der Waals surface area contributed by atoms with Gasteiger partial charge in [0.1, 0.15) is 10.9 Å². The summed E-state index contributed by atoms with van der Waals surface area (Å²) in [6.45, 7) is 3.79. The average Bonchev–Trinajstić information content (AvgIpc) is 3.44. The van der Waals surface area contributed by atoms with Gasteiger partial charge < -0.3 is 14.2 Å². The van der Waals surface area contributed by atoms with Crippen LogP contribution >= 0.6 is 22.9 Å². The molecule has 3 aromatic heterocycles. The zero-order valence-corrected chi connectivity index (χ0v) is 18.5. The van der Waals surface area contributed by atoms with Crippen molar-refractivity contribution in [3.8, 4) is 22.1 Å². The first-order chi connectivity index (χ1) is 15.0. The van der Waals surface area contributed by atoms with E-state index >= 15 is 0 Å². The first-order valence-electron chi connectivity index (χ1n) is 9.55. The molecule has 0 saturated carbocycles. The highest BCUT2D eigenvalue weighted by Crippen LogP contribution is 2.34. The first-order valence-corrected chi connectivity index (χ1v) is 10.7. The number of nitrogens with one attached hydrogen (secondary N) is 1. The number of aryl methyl sites for hydroxylation is 1. The van der Waals surface area contributed by atoms with Gasteiger partial charge >= 0.3 is 0 Å². The summed E-state index contributed by atoms with van der Waals surface area (Å²) >= 11 is 7.24. The Balaban J connectivity index is 1.54. The van der Waals surface area contributed by atoms with Crippen LogP contribution < -0.4 is 14.8 Å². The van der Waals surface area contributed by atoms with Crippen LogP contribution in [0.15, 0.2) is 24.5 Å². The lowest BCUT2D eigenvalue weighted by Crippen LogP contribution is -2.14. The molecule has 4 rings (SSSR count). The zero-order chi connectivity index (χ0) is 21.8. The van der Waals surface area contributed by atoms with Gasteiger partial charge in [-0.15, -0.1) is 5.10 Å². The quantitative estimate of drug-likeness (QED) is 0.531. The van der Waals surface area contributed by atoms with E-state index in [-0.39, 0.29) is 11.1 Å². The van der Waals surface area contributed by atoms with Gasteiger partial charge in [-0.3, -0.25) is 15.1 Å². The third-order valence-electron chi connectivity index (χ3n) is 4.72. The van der Waals surface area contributed by atoms with Crippen molar-refractivity contribution in [2.75, 3.05) is 32.2 Å². The molecule has 1 N–H and O–H groups in total. The van der Waals surface area contributed by atoms with E-state index in [1.807, 2.05) is 6.92 Å². The summed E-state index contributed by atoms with van der Waals surface area (Å²) in [5.74, 6) is 0.459. The topological polar surface area (TPSA) is 108 Å². The van der Waals surface area contributed by atoms with Crippen LogP contribution in [0.25, 0.3) is 11.1 Å². The lowest BCUT2D eigenvalue weighted by molar-refractivity contribution is 0.102. The summed E-state index contributed by atoms with van der Waals surface area (Å²) in [6, 6.07) is 3.44. The Bertz CT molecular complexity index is 1090. The second kappa shape index (κ2) is 9.54. The molecule has 162 valence electrons. The predicted molar refractivity (Wildman–Crippen MR) is 116 cm³/mol. The van der Waals surface area contributed by atoms with E-state index < -0.39 is 0 Å². The molecule has 1 amide bonds. The van der Waals surface area contributed by atoms with E-state index in [0.717, 1.165) is 30.1 Å². The van der Waals surface area contributed by atoms with Crippen LogP contribution in [0.5, 0.6) is 10.9 Å². The molecule has 0 spiro atoms. The van der Waals surface area contributed by atoms with E-state index in [1.165, 1.54) is 19.5 Å². The van der Waals surface area contributed by atoms with Gasteiger partial charge in [-0.25, -0.2) is 4.98 Å². The van der Waals surface area contributed by atoms with Crippen LogP contribution in [0.2, 0.25) is 5.15 Å². The third-order valence-corrected chi connectivity index (χ3v) is 5.68. The number of aromatic nitrogens is 4. The minimum atomic E-state index is -0.385. The Morgan fingerprint density at radius 1 is 1.29 bits per heavy atom. The molecule has 0 aliphatic carbocycles. The molecule has 0 aromatic carbocycles. The number of amides is 1. The number of anilines is 1. The molecule has 0 bridgehead atoms. The molecule has 0 radical (unpaired) electrons. The number of rotatable bonds is 7. The van der Waals surface area contributed by atoms with Crippen molar-refractivity contribution in [2.24, 2.45) is 5.92 Å². The molecule has 4 heterocycles. The van der Waals surface area contributed by atoms with Crippen LogP contribution in [0.3, 0.4) is 0 Å². The fraction of sp³-hybridized carbons (Fsp3) is 0.350. The van der Waals surface area contributed by atoms with E-state index in [4.69, 9.17) is 25.8 Å². The predicted octanol–water partition coefficient (Wildman–Crippen LogP) is 3.63. The van der Waals surface area contributed by atoms with Crippen molar-refractivity contribution in [1.29, 1.82) is 0 Å². The summed E-state index contributed by atoms with van der Waals surface area (Å²) in [6.07, 6.45) is 3.99. The highest BCUT2D eigenvalue weighted by atomic mass is 35.5. The van der Waals surface area contributed by atoms with Crippen LogP contribution in [0.4, 0.5) is 5.13 Å². The Kier molecular flexibility index (Phi) is 6.59. The maximum atomic E-state index is 13.0. The van der Waals surface area contributed by atoms with E-state index in [9.17, 15) is 4.79 Å². The summed E-state index contributed by atoms with van der Waals surface area (Å²) in [4.78, 5) is 21.3. The lowest BCUT2D eigenvalue weighted by atomic mass is 10.0. The first kappa shape index (κ1) is 21.4. The molecule has 1 saturated heterocycles. The van der Waals surface area contributed by atoms with Crippen molar-refractivity contribution >= 4 is 34.0 Å². The van der Waals surface area contributed by atoms with Crippen molar-refractivity contribution < 1.29 is 19.0 Å². The number of nitrogens with zero attached hydrogens (tertiary/aromatic N) is 4. The molecule has 3 aromatic rings. The van der Waals surface area contributed by atoms with Crippen molar-refractivity contribution in [3.05, 3.63) is 40.9 Å². The second-order valence-corrected chi connectivity index (χ2v) is 8.27. The van der Waals surface area contributed by atoms with Gasteiger partial charge in [0.05, 0.1) is 32.1 Å². The summed E-state index contributed by atoms with van der Waals surface area (Å²) < 4.78 is 16.4. The van der Waals surface area contributed by atoms with Gasteiger partial charge in [0, 0.05) is 35.5 Å². The standard InChI is InChI=1S/C20H20ClN5O4S/c1-11-5-13(14-6-17(21)23-8-16(14)28-2)15(7-22-11)18(27)24-19-25-26-20(31-19)30-10-12-3-4-29-9-12/h5-8,12H,3-4,9-10H2,1-2H3,(H,24,25,27)/t12-/m0/s1. The van der Waals surface area contributed by atoms with Crippen LogP contribution in [0, 0.1) is 12.8 Å². The average molecular weight is 462 g/mol. The Morgan fingerprint density at radius 2 is 2.16 bits per heavy atom. The van der Waals surface area contributed by atoms with E-state index in [1.54, 1.807) is 12.1 Å². The molecule has 11 heteroatoms. The highest BCUT2D eigenvalue weighted by molar-refractivity contribution is 7.17. The van der Waals surface area contributed by atoms with E-state index in [0.29, 0.717) is 51.9 Å². The largest absolute Gasteiger partial charge is 0.494 e. The van der Waals surface area contributed by atoms with Gasteiger partial charge in [-0.1, -0.05) is 16.7 Å². The molecule has 1 aliphatic rings. The second-order valence-electron chi connectivity index (χ2n) is 6.95. The zero-order valence-electron chi connectivity index (χ0n) is 16.9. The monoisotopic (exact) mass is 461 g/mol. The normalized spacial score (nSPS) is 15.6. The summed E-state index contributed by atoms with van der Waals surface area (Å²) in [7, 11) is 1.53. The van der Waals surface area contributed by atoms with Crippen molar-refractivity contribution in [1.82, 2.24) is 20.2 Å². The van der Waals surface area contributed by atoms with Gasteiger partial charge in [0.2, 0.25) is 5.13 Å². The SMILES string of the molecule is COc1cnc(Cl)cc1-c1cc(C)ncc1C(=O)Nc1nnc(OC[C@H]2CCOC2)s1. The maximum absolute atomic E-state index is 13.0. The van der Waals surface area contributed by atoms with E-state index in [2.05, 4.69) is 25.5 Å². The number of carbonyl (C=O) groups is 1. The maximum Gasteiger partial charge on any atom is 0.295 e. The fourth-order valence-electron chi connectivity index (χ4n) is 3.14. The molecule has 0 unspecified atom stereocenters.